The lowest BCUT2D eigenvalue weighted by molar-refractivity contribution is -0.152. The molecule has 1 aliphatic heterocycles. The Bertz CT molecular complexity index is 225. The van der Waals surface area contributed by atoms with E-state index >= 15 is 0 Å². The predicted molar refractivity (Wildman–Crippen MR) is 77.4 cm³/mol. The van der Waals surface area contributed by atoms with Crippen molar-refractivity contribution in [1.82, 2.24) is 0 Å². The number of carbonyl (C=O) groups excluding carboxylic acids is 1. The molecule has 1 saturated heterocycles. The summed E-state index contributed by atoms with van der Waals surface area (Å²) >= 11 is 0. The third kappa shape index (κ3) is 5.56. The molecule has 1 heterocycles. The van der Waals surface area contributed by atoms with E-state index < -0.39 is 0 Å². The van der Waals surface area contributed by atoms with E-state index in [1.165, 1.54) is 32.1 Å². The van der Waals surface area contributed by atoms with Crippen LogP contribution in [0.4, 0.5) is 0 Å². The maximum Gasteiger partial charge on any atom is 0.313 e. The Morgan fingerprint density at radius 1 is 1.12 bits per heavy atom. The van der Waals surface area contributed by atoms with Crippen molar-refractivity contribution < 1.29 is 9.53 Å². The zero-order valence-corrected chi connectivity index (χ0v) is 12.6. The third-order valence-electron chi connectivity index (χ3n) is 3.06. The molecule has 0 N–H and O–H groups in total. The minimum atomic E-state index is -0.239. The van der Waals surface area contributed by atoms with Crippen molar-refractivity contribution in [1.29, 1.82) is 0 Å². The fourth-order valence-corrected chi connectivity index (χ4v) is 5.04. The van der Waals surface area contributed by atoms with Gasteiger partial charge in [-0.25, -0.2) is 0 Å². The molecule has 1 fully saturated rings. The summed E-state index contributed by atoms with van der Waals surface area (Å²) in [5.74, 6) is 1.79. The molecule has 0 atom stereocenters. The maximum atomic E-state index is 11.9. The summed E-state index contributed by atoms with van der Waals surface area (Å²) in [6.07, 6.45) is 7.40. The van der Waals surface area contributed by atoms with Gasteiger partial charge in [-0.2, -0.15) is 0 Å². The maximum absolute atomic E-state index is 11.9. The van der Waals surface area contributed by atoms with Crippen LogP contribution >= 0.6 is 21.6 Å². The van der Waals surface area contributed by atoms with Gasteiger partial charge in [-0.15, -0.1) is 0 Å². The van der Waals surface area contributed by atoms with Crippen molar-refractivity contribution in [3.63, 3.8) is 0 Å². The SMILES string of the molecule is CCCCCCCCOC(=O)C1(C)CSSC1. The van der Waals surface area contributed by atoms with E-state index in [0.717, 1.165) is 17.9 Å². The van der Waals surface area contributed by atoms with E-state index in [1.54, 1.807) is 21.6 Å². The van der Waals surface area contributed by atoms with Crippen LogP contribution in [0.15, 0.2) is 0 Å². The molecule has 0 unspecified atom stereocenters. The van der Waals surface area contributed by atoms with Gasteiger partial charge in [0.05, 0.1) is 12.0 Å². The van der Waals surface area contributed by atoms with E-state index in [0.29, 0.717) is 6.61 Å². The molecule has 4 heteroatoms. The molecule has 0 amide bonds. The average molecular weight is 276 g/mol. The normalized spacial score (nSPS) is 18.2. The van der Waals surface area contributed by atoms with E-state index in [-0.39, 0.29) is 11.4 Å². The molecule has 0 bridgehead atoms. The van der Waals surface area contributed by atoms with Crippen LogP contribution in [0.3, 0.4) is 0 Å². The highest BCUT2D eigenvalue weighted by Crippen LogP contribution is 2.43. The molecule has 100 valence electrons. The van der Waals surface area contributed by atoms with Crippen LogP contribution in [-0.4, -0.2) is 24.1 Å². The van der Waals surface area contributed by atoms with Gasteiger partial charge in [-0.05, 0) is 13.3 Å². The number of hydrogen-bond acceptors (Lipinski definition) is 4. The summed E-state index contributed by atoms with van der Waals surface area (Å²) in [7, 11) is 3.56. The summed E-state index contributed by atoms with van der Waals surface area (Å²) in [6, 6.07) is 0. The quantitative estimate of drug-likeness (QED) is 0.375. The lowest BCUT2D eigenvalue weighted by Gasteiger charge is -2.19. The molecule has 0 aliphatic carbocycles. The second-order valence-corrected chi connectivity index (χ2v) is 7.45. The van der Waals surface area contributed by atoms with Gasteiger partial charge in [0.1, 0.15) is 0 Å². The number of hydrogen-bond donors (Lipinski definition) is 0. The standard InChI is InChI=1S/C13H24O2S2/c1-3-4-5-6-7-8-9-15-12(14)13(2)10-16-17-11-13/h3-11H2,1-2H3. The van der Waals surface area contributed by atoms with Gasteiger partial charge < -0.3 is 4.74 Å². The van der Waals surface area contributed by atoms with Gasteiger partial charge in [0.2, 0.25) is 0 Å². The topological polar surface area (TPSA) is 26.3 Å². The first-order valence-electron chi connectivity index (χ1n) is 6.61. The molecule has 0 aromatic heterocycles. The number of carbonyl (C=O) groups is 1. The molecule has 0 saturated carbocycles. The first kappa shape index (κ1) is 15.2. The summed E-state index contributed by atoms with van der Waals surface area (Å²) in [6.45, 7) is 4.85. The fourth-order valence-electron chi connectivity index (χ4n) is 1.72. The molecule has 2 nitrogen and oxygen atoms in total. The van der Waals surface area contributed by atoms with Crippen LogP contribution < -0.4 is 0 Å². The lowest BCUT2D eigenvalue weighted by Crippen LogP contribution is -2.32. The minimum absolute atomic E-state index is 0.00329. The lowest BCUT2D eigenvalue weighted by atomic mass is 9.96. The van der Waals surface area contributed by atoms with Crippen molar-refractivity contribution in [2.75, 3.05) is 18.1 Å². The van der Waals surface area contributed by atoms with Gasteiger partial charge in [0, 0.05) is 11.5 Å². The van der Waals surface area contributed by atoms with Crippen molar-refractivity contribution in [3.8, 4) is 0 Å². The summed E-state index contributed by atoms with van der Waals surface area (Å²) in [5.41, 5.74) is -0.239. The van der Waals surface area contributed by atoms with E-state index in [2.05, 4.69) is 6.92 Å². The summed E-state index contributed by atoms with van der Waals surface area (Å²) in [4.78, 5) is 11.9. The number of rotatable bonds is 8. The Morgan fingerprint density at radius 2 is 1.71 bits per heavy atom. The van der Waals surface area contributed by atoms with Crippen LogP contribution in [0.5, 0.6) is 0 Å². The molecule has 1 aliphatic rings. The highest BCUT2D eigenvalue weighted by atomic mass is 33.1. The van der Waals surface area contributed by atoms with E-state index in [9.17, 15) is 4.79 Å². The zero-order valence-electron chi connectivity index (χ0n) is 11.0. The molecule has 0 aromatic rings. The van der Waals surface area contributed by atoms with E-state index in [4.69, 9.17) is 4.74 Å². The van der Waals surface area contributed by atoms with Gasteiger partial charge in [-0.3, -0.25) is 4.79 Å². The first-order chi connectivity index (χ1) is 8.19. The second kappa shape index (κ2) is 8.30. The minimum Gasteiger partial charge on any atom is -0.465 e. The molecule has 0 aromatic carbocycles. The molecule has 1 rings (SSSR count). The Morgan fingerprint density at radius 3 is 2.35 bits per heavy atom. The van der Waals surface area contributed by atoms with Gasteiger partial charge in [0.15, 0.2) is 0 Å². The molecule has 0 spiro atoms. The first-order valence-corrected chi connectivity index (χ1v) is 9.09. The molecular weight excluding hydrogens is 252 g/mol. The Labute approximate surface area is 113 Å². The Hall–Kier alpha value is 0.170. The average Bonchev–Trinajstić information content (AvgIpc) is 2.76. The Balaban J connectivity index is 2.00. The summed E-state index contributed by atoms with van der Waals surface area (Å²) < 4.78 is 5.37. The Kier molecular flexibility index (Phi) is 7.44. The van der Waals surface area contributed by atoms with Crippen LogP contribution in [-0.2, 0) is 9.53 Å². The van der Waals surface area contributed by atoms with Crippen molar-refractivity contribution in [2.45, 2.75) is 52.4 Å². The van der Waals surface area contributed by atoms with Crippen LogP contribution in [0.1, 0.15) is 52.4 Å². The monoisotopic (exact) mass is 276 g/mol. The summed E-state index contributed by atoms with van der Waals surface area (Å²) in [5, 5.41) is 0. The van der Waals surface area contributed by atoms with Crippen molar-refractivity contribution in [2.24, 2.45) is 5.41 Å². The molecular formula is C13H24O2S2. The van der Waals surface area contributed by atoms with Crippen molar-refractivity contribution in [3.05, 3.63) is 0 Å². The highest BCUT2D eigenvalue weighted by Gasteiger charge is 2.39. The van der Waals surface area contributed by atoms with Crippen molar-refractivity contribution >= 4 is 27.6 Å². The smallest absolute Gasteiger partial charge is 0.313 e. The number of esters is 1. The second-order valence-electron chi connectivity index (χ2n) is 4.99. The predicted octanol–water partition coefficient (Wildman–Crippen LogP) is 4.29. The number of unbranched alkanes of at least 4 members (excludes halogenated alkanes) is 5. The van der Waals surface area contributed by atoms with Gasteiger partial charge in [-0.1, -0.05) is 60.6 Å². The number of ether oxygens (including phenoxy) is 1. The van der Waals surface area contributed by atoms with Crippen LogP contribution in [0, 0.1) is 5.41 Å². The largest absolute Gasteiger partial charge is 0.465 e. The van der Waals surface area contributed by atoms with Gasteiger partial charge >= 0.3 is 5.97 Å². The van der Waals surface area contributed by atoms with Gasteiger partial charge in [0.25, 0.3) is 0 Å². The van der Waals surface area contributed by atoms with Crippen LogP contribution in [0.25, 0.3) is 0 Å². The zero-order chi connectivity index (χ0) is 12.6. The van der Waals surface area contributed by atoms with E-state index in [1.807, 2.05) is 6.92 Å². The molecule has 0 radical (unpaired) electrons. The third-order valence-corrected chi connectivity index (χ3v) is 5.95. The highest BCUT2D eigenvalue weighted by molar-refractivity contribution is 8.77. The van der Waals surface area contributed by atoms with Crippen LogP contribution in [0.2, 0.25) is 0 Å². The fraction of sp³-hybridized carbons (Fsp3) is 0.923. The molecule has 17 heavy (non-hydrogen) atoms.